The third-order valence-corrected chi connectivity index (χ3v) is 3.31. The molecule has 0 saturated carbocycles. The van der Waals surface area contributed by atoms with Crippen LogP contribution in [0.4, 0.5) is 5.82 Å². The highest BCUT2D eigenvalue weighted by Crippen LogP contribution is 2.12. The first-order valence-electron chi connectivity index (χ1n) is 7.63. The molecule has 4 nitrogen and oxygen atoms in total. The highest BCUT2D eigenvalue weighted by atomic mass is 16.1. The summed E-state index contributed by atoms with van der Waals surface area (Å²) in [6, 6.07) is 3.73. The van der Waals surface area contributed by atoms with Crippen LogP contribution < -0.4 is 10.6 Å². The third-order valence-electron chi connectivity index (χ3n) is 3.31. The van der Waals surface area contributed by atoms with Crippen molar-refractivity contribution in [1.29, 1.82) is 0 Å². The maximum absolute atomic E-state index is 12.2. The van der Waals surface area contributed by atoms with Crippen molar-refractivity contribution in [3.05, 3.63) is 23.4 Å². The van der Waals surface area contributed by atoms with Crippen LogP contribution in [-0.2, 0) is 6.42 Å². The Morgan fingerprint density at radius 3 is 2.65 bits per heavy atom. The predicted molar refractivity (Wildman–Crippen MR) is 84.2 cm³/mol. The maximum atomic E-state index is 12.2. The predicted octanol–water partition coefficient (Wildman–Crippen LogP) is 3.24. The molecule has 4 heteroatoms. The first-order chi connectivity index (χ1) is 9.60. The summed E-state index contributed by atoms with van der Waals surface area (Å²) in [5.41, 5.74) is 1.67. The van der Waals surface area contributed by atoms with Crippen molar-refractivity contribution in [3.8, 4) is 0 Å². The minimum atomic E-state index is -0.00999. The van der Waals surface area contributed by atoms with Crippen LogP contribution in [0, 0.1) is 5.92 Å². The second kappa shape index (κ2) is 8.56. The molecule has 1 aromatic rings. The lowest BCUT2D eigenvalue weighted by atomic mass is 10.1. The van der Waals surface area contributed by atoms with E-state index in [4.69, 9.17) is 0 Å². The molecule has 0 aliphatic carbocycles. The molecule has 1 unspecified atom stereocenters. The monoisotopic (exact) mass is 277 g/mol. The van der Waals surface area contributed by atoms with Gasteiger partial charge in [0, 0.05) is 24.3 Å². The number of hydrogen-bond acceptors (Lipinski definition) is 3. The zero-order valence-electron chi connectivity index (χ0n) is 13.1. The van der Waals surface area contributed by atoms with E-state index in [9.17, 15) is 4.79 Å². The van der Waals surface area contributed by atoms with Gasteiger partial charge in [-0.1, -0.05) is 33.6 Å². The zero-order valence-corrected chi connectivity index (χ0v) is 13.1. The average molecular weight is 277 g/mol. The number of nitrogens with one attached hydrogen (secondary N) is 2. The summed E-state index contributed by atoms with van der Waals surface area (Å²) in [7, 11) is 0. The SMILES string of the molecule is CCCc1cc(C(=O)NCC(C)CC)cc(NCC)n1. The van der Waals surface area contributed by atoms with Crippen molar-refractivity contribution in [2.45, 2.75) is 47.0 Å². The Kier molecular flexibility index (Phi) is 7.05. The van der Waals surface area contributed by atoms with E-state index >= 15 is 0 Å². The summed E-state index contributed by atoms with van der Waals surface area (Å²) in [5.74, 6) is 1.28. The molecule has 0 aliphatic rings. The summed E-state index contributed by atoms with van der Waals surface area (Å²) in [6.45, 7) is 9.93. The van der Waals surface area contributed by atoms with E-state index in [0.717, 1.165) is 43.9 Å². The molecule has 0 bridgehead atoms. The van der Waals surface area contributed by atoms with Crippen molar-refractivity contribution in [2.24, 2.45) is 5.92 Å². The van der Waals surface area contributed by atoms with E-state index in [-0.39, 0.29) is 5.91 Å². The summed E-state index contributed by atoms with van der Waals surface area (Å²) in [6.07, 6.45) is 2.99. The number of hydrogen-bond donors (Lipinski definition) is 2. The van der Waals surface area contributed by atoms with Crippen LogP contribution in [0.5, 0.6) is 0 Å². The quantitative estimate of drug-likeness (QED) is 0.767. The van der Waals surface area contributed by atoms with E-state index in [1.807, 2.05) is 19.1 Å². The van der Waals surface area contributed by atoms with E-state index < -0.39 is 0 Å². The molecule has 0 radical (unpaired) electrons. The molecule has 2 N–H and O–H groups in total. The number of carbonyl (C=O) groups is 1. The number of aromatic nitrogens is 1. The minimum Gasteiger partial charge on any atom is -0.370 e. The molecule has 0 aliphatic heterocycles. The van der Waals surface area contributed by atoms with Gasteiger partial charge in [-0.3, -0.25) is 4.79 Å². The van der Waals surface area contributed by atoms with E-state index in [1.54, 1.807) is 0 Å². The molecule has 0 saturated heterocycles. The number of anilines is 1. The summed E-state index contributed by atoms with van der Waals surface area (Å²) in [4.78, 5) is 16.7. The van der Waals surface area contributed by atoms with Gasteiger partial charge in [0.1, 0.15) is 5.82 Å². The van der Waals surface area contributed by atoms with Gasteiger partial charge in [-0.2, -0.15) is 0 Å². The Labute approximate surface area is 122 Å². The molecule has 0 fully saturated rings. The molecular formula is C16H27N3O. The summed E-state index contributed by atoms with van der Waals surface area (Å²) < 4.78 is 0. The van der Waals surface area contributed by atoms with Gasteiger partial charge >= 0.3 is 0 Å². The van der Waals surface area contributed by atoms with Crippen molar-refractivity contribution >= 4 is 11.7 Å². The van der Waals surface area contributed by atoms with E-state index in [2.05, 4.69) is 36.4 Å². The summed E-state index contributed by atoms with van der Waals surface area (Å²) >= 11 is 0. The van der Waals surface area contributed by atoms with Crippen molar-refractivity contribution in [2.75, 3.05) is 18.4 Å². The second-order valence-corrected chi connectivity index (χ2v) is 5.24. The van der Waals surface area contributed by atoms with Crippen LogP contribution in [0.25, 0.3) is 0 Å². The van der Waals surface area contributed by atoms with Gasteiger partial charge in [0.05, 0.1) is 0 Å². The molecule has 1 amide bonds. The number of aryl methyl sites for hydroxylation is 1. The van der Waals surface area contributed by atoms with Crippen molar-refractivity contribution < 1.29 is 4.79 Å². The molecule has 1 aromatic heterocycles. The fourth-order valence-corrected chi connectivity index (χ4v) is 1.89. The highest BCUT2D eigenvalue weighted by Gasteiger charge is 2.10. The Hall–Kier alpha value is -1.58. The number of carbonyl (C=O) groups excluding carboxylic acids is 1. The van der Waals surface area contributed by atoms with Crippen LogP contribution in [-0.4, -0.2) is 24.0 Å². The van der Waals surface area contributed by atoms with Crippen LogP contribution in [0.15, 0.2) is 12.1 Å². The highest BCUT2D eigenvalue weighted by molar-refractivity contribution is 5.95. The Morgan fingerprint density at radius 2 is 2.05 bits per heavy atom. The second-order valence-electron chi connectivity index (χ2n) is 5.24. The van der Waals surface area contributed by atoms with E-state index in [0.29, 0.717) is 11.5 Å². The Balaban J connectivity index is 2.83. The van der Waals surface area contributed by atoms with Crippen molar-refractivity contribution in [3.63, 3.8) is 0 Å². The lowest BCUT2D eigenvalue weighted by Gasteiger charge is -2.12. The summed E-state index contributed by atoms with van der Waals surface area (Å²) in [5, 5.41) is 6.18. The standard InChI is InChI=1S/C16H27N3O/c1-5-8-14-9-13(10-15(19-14)17-7-3)16(20)18-11-12(4)6-2/h9-10,12H,5-8,11H2,1-4H3,(H,17,19)(H,18,20). The van der Waals surface area contributed by atoms with Gasteiger partial charge in [0.2, 0.25) is 0 Å². The van der Waals surface area contributed by atoms with Gasteiger partial charge in [0.25, 0.3) is 5.91 Å². The Bertz CT molecular complexity index is 407. The smallest absolute Gasteiger partial charge is 0.251 e. The number of pyridine rings is 1. The molecule has 1 atom stereocenters. The maximum Gasteiger partial charge on any atom is 0.251 e. The number of rotatable bonds is 8. The molecule has 1 rings (SSSR count). The lowest BCUT2D eigenvalue weighted by Crippen LogP contribution is -2.28. The molecule has 20 heavy (non-hydrogen) atoms. The van der Waals surface area contributed by atoms with Crippen molar-refractivity contribution in [1.82, 2.24) is 10.3 Å². The molecule has 0 aromatic carbocycles. The normalized spacial score (nSPS) is 12.0. The van der Waals surface area contributed by atoms with Crippen LogP contribution >= 0.6 is 0 Å². The largest absolute Gasteiger partial charge is 0.370 e. The molecule has 112 valence electrons. The van der Waals surface area contributed by atoms with E-state index in [1.165, 1.54) is 0 Å². The van der Waals surface area contributed by atoms with Gasteiger partial charge in [-0.25, -0.2) is 4.98 Å². The zero-order chi connectivity index (χ0) is 15.0. The minimum absolute atomic E-state index is 0.00999. The first kappa shape index (κ1) is 16.5. The van der Waals surface area contributed by atoms with Crippen LogP contribution in [0.3, 0.4) is 0 Å². The fraction of sp³-hybridized carbons (Fsp3) is 0.625. The van der Waals surface area contributed by atoms with Crippen LogP contribution in [0.2, 0.25) is 0 Å². The van der Waals surface area contributed by atoms with Crippen LogP contribution in [0.1, 0.15) is 56.6 Å². The molecular weight excluding hydrogens is 250 g/mol. The topological polar surface area (TPSA) is 54.0 Å². The van der Waals surface area contributed by atoms with Gasteiger partial charge in [-0.05, 0) is 31.4 Å². The third kappa shape index (κ3) is 5.19. The molecule has 1 heterocycles. The first-order valence-corrected chi connectivity index (χ1v) is 7.63. The van der Waals surface area contributed by atoms with Gasteiger partial charge in [0.15, 0.2) is 0 Å². The van der Waals surface area contributed by atoms with Gasteiger partial charge in [-0.15, -0.1) is 0 Å². The number of nitrogens with zero attached hydrogens (tertiary/aromatic N) is 1. The average Bonchev–Trinajstić information content (AvgIpc) is 2.44. The Morgan fingerprint density at radius 1 is 1.30 bits per heavy atom. The number of amides is 1. The van der Waals surface area contributed by atoms with Gasteiger partial charge < -0.3 is 10.6 Å². The fourth-order valence-electron chi connectivity index (χ4n) is 1.89. The lowest BCUT2D eigenvalue weighted by molar-refractivity contribution is 0.0947. The molecule has 0 spiro atoms.